The largest absolute Gasteiger partial charge is 0.488 e. The van der Waals surface area contributed by atoms with Gasteiger partial charge in [-0.25, -0.2) is 13.4 Å². The molecule has 11 heteroatoms. The van der Waals surface area contributed by atoms with Crippen molar-refractivity contribution in [3.05, 3.63) is 59.5 Å². The highest BCUT2D eigenvalue weighted by Crippen LogP contribution is 2.32. The van der Waals surface area contributed by atoms with E-state index in [1.54, 1.807) is 36.5 Å². The summed E-state index contributed by atoms with van der Waals surface area (Å²) < 4.78 is 35.9. The summed E-state index contributed by atoms with van der Waals surface area (Å²) in [4.78, 5) is 17.5. The summed E-state index contributed by atoms with van der Waals surface area (Å²) in [6, 6.07) is 12.5. The number of amides is 1. The molecule has 0 spiro atoms. The fraction of sp³-hybridized carbons (Fsp3) is 0.182. The average Bonchev–Trinajstić information content (AvgIpc) is 3.35. The van der Waals surface area contributed by atoms with Gasteiger partial charge in [0.15, 0.2) is 15.0 Å². The Hall–Kier alpha value is -2.99. The number of carbonyl (C=O) groups excluding carboxylic acids is 1. The molecule has 0 fully saturated rings. The van der Waals surface area contributed by atoms with Gasteiger partial charge in [-0.2, -0.15) is 0 Å². The molecule has 2 aromatic carbocycles. The van der Waals surface area contributed by atoms with Gasteiger partial charge in [-0.15, -0.1) is 11.3 Å². The van der Waals surface area contributed by atoms with E-state index in [4.69, 9.17) is 9.47 Å². The van der Waals surface area contributed by atoms with Crippen molar-refractivity contribution >= 4 is 53.1 Å². The summed E-state index contributed by atoms with van der Waals surface area (Å²) in [6.45, 7) is 1.49. The first-order valence-corrected chi connectivity index (χ1v) is 13.4. The molecule has 1 unspecified atom stereocenters. The third kappa shape index (κ3) is 5.69. The van der Waals surface area contributed by atoms with Crippen molar-refractivity contribution in [1.82, 2.24) is 4.98 Å². The van der Waals surface area contributed by atoms with Gasteiger partial charge < -0.3 is 14.6 Å². The fourth-order valence-electron chi connectivity index (χ4n) is 2.88. The lowest BCUT2D eigenvalue weighted by molar-refractivity contribution is 0.102. The summed E-state index contributed by atoms with van der Waals surface area (Å²) in [6.07, 6.45) is 0.638. The lowest BCUT2D eigenvalue weighted by Gasteiger charge is -2.15. The van der Waals surface area contributed by atoms with E-state index in [1.807, 2.05) is 11.4 Å². The highest BCUT2D eigenvalue weighted by atomic mass is 32.2. The van der Waals surface area contributed by atoms with E-state index in [9.17, 15) is 18.3 Å². The first-order chi connectivity index (χ1) is 15.7. The average molecular weight is 505 g/mol. The number of benzene rings is 2. The molecule has 0 saturated heterocycles. The maximum absolute atomic E-state index is 12.9. The second-order valence-corrected chi connectivity index (χ2v) is 11.4. The van der Waals surface area contributed by atoms with Crippen LogP contribution in [0.25, 0.3) is 9.53 Å². The summed E-state index contributed by atoms with van der Waals surface area (Å²) >= 11 is 2.94. The molecule has 0 aliphatic heterocycles. The number of aromatic nitrogens is 1. The number of ether oxygens (including phenoxy) is 2. The normalized spacial score (nSPS) is 12.5. The van der Waals surface area contributed by atoms with Crippen molar-refractivity contribution in [2.45, 2.75) is 17.9 Å². The number of rotatable bonds is 8. The zero-order chi connectivity index (χ0) is 23.6. The van der Waals surface area contributed by atoms with Gasteiger partial charge in [0.05, 0.1) is 17.0 Å². The fourth-order valence-corrected chi connectivity index (χ4v) is 5.34. The Morgan fingerprint density at radius 1 is 1.12 bits per heavy atom. The number of fused-ring (bicyclic) bond motifs is 1. The van der Waals surface area contributed by atoms with Crippen molar-refractivity contribution in [3.63, 3.8) is 0 Å². The van der Waals surface area contributed by atoms with Crippen LogP contribution in [-0.4, -0.2) is 43.4 Å². The number of anilines is 1. The minimum Gasteiger partial charge on any atom is -0.488 e. The molecule has 2 aromatic heterocycles. The SMILES string of the molecule is CC(CO)Oc1cc(Oc2ccc(S(C)(=O)=O)cc2)cc(C(=O)Nc2nc3ccsc3s2)c1. The van der Waals surface area contributed by atoms with Gasteiger partial charge in [0.2, 0.25) is 0 Å². The molecule has 4 aromatic rings. The van der Waals surface area contributed by atoms with Crippen molar-refractivity contribution in [3.8, 4) is 17.2 Å². The van der Waals surface area contributed by atoms with Crippen LogP contribution in [0.5, 0.6) is 17.2 Å². The minimum atomic E-state index is -3.33. The van der Waals surface area contributed by atoms with Crippen LogP contribution >= 0.6 is 22.7 Å². The third-order valence-electron chi connectivity index (χ3n) is 4.47. The Balaban J connectivity index is 1.60. The standard InChI is InChI=1S/C22H20N2O6S3/c1-13(12-25)29-16-9-14(20(26)24-22-23-19-7-8-31-21(19)32-22)10-17(11-16)30-15-3-5-18(6-4-15)33(2,27)28/h3-11,13,25H,12H2,1-2H3,(H,23,24,26). The Kier molecular flexibility index (Phi) is 6.66. The lowest BCUT2D eigenvalue weighted by Crippen LogP contribution is -2.17. The van der Waals surface area contributed by atoms with Crippen LogP contribution in [-0.2, 0) is 9.84 Å². The van der Waals surface area contributed by atoms with Gasteiger partial charge in [-0.1, -0.05) is 11.3 Å². The summed E-state index contributed by atoms with van der Waals surface area (Å²) in [7, 11) is -3.33. The maximum Gasteiger partial charge on any atom is 0.257 e. The Labute approximate surface area is 198 Å². The second-order valence-electron chi connectivity index (χ2n) is 7.22. The maximum atomic E-state index is 12.9. The van der Waals surface area contributed by atoms with E-state index in [1.165, 1.54) is 35.6 Å². The van der Waals surface area contributed by atoms with E-state index in [0.29, 0.717) is 22.4 Å². The number of hydrogen-bond donors (Lipinski definition) is 2. The van der Waals surface area contributed by atoms with Gasteiger partial charge in [-0.3, -0.25) is 10.1 Å². The topological polar surface area (TPSA) is 115 Å². The molecule has 33 heavy (non-hydrogen) atoms. The molecule has 8 nitrogen and oxygen atoms in total. The summed E-state index contributed by atoms with van der Waals surface area (Å²) in [5, 5.41) is 14.5. The molecule has 0 saturated carbocycles. The van der Waals surface area contributed by atoms with Crippen LogP contribution in [0, 0.1) is 0 Å². The quantitative estimate of drug-likeness (QED) is 0.361. The lowest BCUT2D eigenvalue weighted by atomic mass is 10.2. The third-order valence-corrected chi connectivity index (χ3v) is 7.61. The molecule has 4 rings (SSSR count). The number of nitrogens with one attached hydrogen (secondary N) is 1. The molecule has 1 amide bonds. The zero-order valence-electron chi connectivity index (χ0n) is 17.6. The monoisotopic (exact) mass is 504 g/mol. The van der Waals surface area contributed by atoms with Crippen molar-refractivity contribution in [1.29, 1.82) is 0 Å². The smallest absolute Gasteiger partial charge is 0.257 e. The first kappa shape index (κ1) is 23.2. The van der Waals surface area contributed by atoms with Gasteiger partial charge in [0.25, 0.3) is 5.91 Å². The van der Waals surface area contributed by atoms with Gasteiger partial charge in [0, 0.05) is 17.9 Å². The Bertz CT molecular complexity index is 1360. The van der Waals surface area contributed by atoms with Crippen LogP contribution in [0.15, 0.2) is 58.8 Å². The first-order valence-electron chi connectivity index (χ1n) is 9.77. The molecule has 1 atom stereocenters. The predicted octanol–water partition coefficient (Wildman–Crippen LogP) is 4.57. The molecule has 0 radical (unpaired) electrons. The summed E-state index contributed by atoms with van der Waals surface area (Å²) in [5.74, 6) is 0.652. The number of nitrogens with zero attached hydrogens (tertiary/aromatic N) is 1. The van der Waals surface area contributed by atoms with E-state index in [2.05, 4.69) is 10.3 Å². The number of thiophene rings is 1. The Morgan fingerprint density at radius 3 is 2.52 bits per heavy atom. The van der Waals surface area contributed by atoms with Crippen LogP contribution in [0.3, 0.4) is 0 Å². The number of sulfone groups is 1. The van der Waals surface area contributed by atoms with E-state index < -0.39 is 21.8 Å². The van der Waals surface area contributed by atoms with Gasteiger partial charge in [-0.05, 0) is 54.8 Å². The van der Waals surface area contributed by atoms with E-state index >= 15 is 0 Å². The predicted molar refractivity (Wildman–Crippen MR) is 129 cm³/mol. The number of hydrogen-bond acceptors (Lipinski definition) is 9. The molecule has 0 aliphatic carbocycles. The number of carbonyl (C=O) groups is 1. The molecule has 172 valence electrons. The van der Waals surface area contributed by atoms with Gasteiger partial charge in [0.1, 0.15) is 27.4 Å². The molecule has 2 heterocycles. The van der Waals surface area contributed by atoms with Crippen LogP contribution in [0.1, 0.15) is 17.3 Å². The number of aliphatic hydroxyl groups is 1. The van der Waals surface area contributed by atoms with Crippen LogP contribution < -0.4 is 14.8 Å². The van der Waals surface area contributed by atoms with Crippen LogP contribution in [0.2, 0.25) is 0 Å². The zero-order valence-corrected chi connectivity index (χ0v) is 20.1. The van der Waals surface area contributed by atoms with Crippen molar-refractivity contribution < 1.29 is 27.8 Å². The van der Waals surface area contributed by atoms with Gasteiger partial charge >= 0.3 is 0 Å². The summed E-state index contributed by atoms with van der Waals surface area (Å²) in [5.41, 5.74) is 1.11. The molecule has 0 bridgehead atoms. The number of thiazole rings is 1. The van der Waals surface area contributed by atoms with Crippen LogP contribution in [0.4, 0.5) is 5.13 Å². The molecule has 2 N–H and O–H groups in total. The number of aliphatic hydroxyl groups excluding tert-OH is 1. The van der Waals surface area contributed by atoms with Crippen molar-refractivity contribution in [2.75, 3.05) is 18.2 Å². The molecular weight excluding hydrogens is 484 g/mol. The highest BCUT2D eigenvalue weighted by molar-refractivity contribution is 7.90. The van der Waals surface area contributed by atoms with Crippen molar-refractivity contribution in [2.24, 2.45) is 0 Å². The van der Waals surface area contributed by atoms with E-state index in [-0.39, 0.29) is 17.1 Å². The highest BCUT2D eigenvalue weighted by Gasteiger charge is 2.15. The molecule has 0 aliphatic rings. The Morgan fingerprint density at radius 2 is 1.85 bits per heavy atom. The second kappa shape index (κ2) is 9.48. The molecular formula is C22H20N2O6S3. The van der Waals surface area contributed by atoms with E-state index in [0.717, 1.165) is 15.8 Å². The minimum absolute atomic E-state index is 0.173.